The van der Waals surface area contributed by atoms with Crippen LogP contribution in [0.3, 0.4) is 0 Å². The van der Waals surface area contributed by atoms with E-state index in [0.717, 1.165) is 35.8 Å². The molecule has 0 radical (unpaired) electrons. The summed E-state index contributed by atoms with van der Waals surface area (Å²) in [6, 6.07) is 11.5. The summed E-state index contributed by atoms with van der Waals surface area (Å²) in [7, 11) is -1.72. The molecular formula is C18H22N2O3S2. The summed E-state index contributed by atoms with van der Waals surface area (Å²) in [6.45, 7) is 1.22. The molecule has 1 aliphatic heterocycles. The molecule has 5 nitrogen and oxygen atoms in total. The van der Waals surface area contributed by atoms with Gasteiger partial charge in [-0.15, -0.1) is 11.8 Å². The molecule has 25 heavy (non-hydrogen) atoms. The second kappa shape index (κ2) is 8.21. The quantitative estimate of drug-likeness (QED) is 0.693. The minimum absolute atomic E-state index is 0.286. The Hall–Kier alpha value is -1.57. The van der Waals surface area contributed by atoms with Crippen LogP contribution in [0, 0.1) is 0 Å². The number of ether oxygens (including phenoxy) is 1. The Bertz CT molecular complexity index is 784. The number of hydrogen-bond donors (Lipinski definition) is 0. The average molecular weight is 379 g/mol. The van der Waals surface area contributed by atoms with Gasteiger partial charge >= 0.3 is 0 Å². The molecule has 2 aromatic rings. The molecule has 0 aliphatic carbocycles. The standard InChI is InChI=1S/C18H22N2O3S2/c1-23-16-6-4-15(5-7-16)10-13-24-18-9-8-17(14-19-18)25(21,22)20-11-2-3-12-20/h4-9,14H,2-3,10-13H2,1H3. The van der Waals surface area contributed by atoms with Crippen molar-refractivity contribution >= 4 is 21.8 Å². The number of benzene rings is 1. The van der Waals surface area contributed by atoms with E-state index in [1.165, 1.54) is 11.8 Å². The van der Waals surface area contributed by atoms with Gasteiger partial charge in [0.1, 0.15) is 10.6 Å². The van der Waals surface area contributed by atoms with Crippen molar-refractivity contribution in [2.75, 3.05) is 26.0 Å². The second-order valence-electron chi connectivity index (χ2n) is 5.89. The Balaban J connectivity index is 1.55. The molecule has 1 fully saturated rings. The minimum atomic E-state index is -3.38. The molecule has 1 aromatic carbocycles. The molecule has 0 N–H and O–H groups in total. The largest absolute Gasteiger partial charge is 0.497 e. The molecule has 0 saturated carbocycles. The highest BCUT2D eigenvalue weighted by Gasteiger charge is 2.27. The van der Waals surface area contributed by atoms with Crippen LogP contribution in [-0.4, -0.2) is 43.7 Å². The van der Waals surface area contributed by atoms with Crippen molar-refractivity contribution in [1.82, 2.24) is 9.29 Å². The summed E-state index contributed by atoms with van der Waals surface area (Å²) in [5.41, 5.74) is 1.24. The Morgan fingerprint density at radius 3 is 2.44 bits per heavy atom. The fraction of sp³-hybridized carbons (Fsp3) is 0.389. The molecule has 2 heterocycles. The third kappa shape index (κ3) is 4.54. The molecule has 0 spiro atoms. The van der Waals surface area contributed by atoms with Crippen molar-refractivity contribution in [1.29, 1.82) is 0 Å². The highest BCUT2D eigenvalue weighted by atomic mass is 32.2. The number of sulfonamides is 1. The molecule has 0 amide bonds. The van der Waals surface area contributed by atoms with E-state index in [1.807, 2.05) is 12.1 Å². The highest BCUT2D eigenvalue weighted by Crippen LogP contribution is 2.23. The summed E-state index contributed by atoms with van der Waals surface area (Å²) < 4.78 is 31.6. The van der Waals surface area contributed by atoms with Gasteiger partial charge in [0.05, 0.1) is 12.1 Å². The van der Waals surface area contributed by atoms with Crippen LogP contribution in [0.1, 0.15) is 18.4 Å². The van der Waals surface area contributed by atoms with E-state index in [9.17, 15) is 8.42 Å². The summed E-state index contributed by atoms with van der Waals surface area (Å²) >= 11 is 1.63. The summed E-state index contributed by atoms with van der Waals surface area (Å²) in [5, 5.41) is 0.842. The van der Waals surface area contributed by atoms with Gasteiger partial charge in [-0.25, -0.2) is 13.4 Å². The monoisotopic (exact) mass is 378 g/mol. The number of thioether (sulfide) groups is 1. The van der Waals surface area contributed by atoms with Crippen LogP contribution < -0.4 is 4.74 Å². The zero-order valence-corrected chi connectivity index (χ0v) is 15.9. The first-order valence-electron chi connectivity index (χ1n) is 8.31. The van der Waals surface area contributed by atoms with Crippen LogP contribution in [0.25, 0.3) is 0 Å². The third-order valence-electron chi connectivity index (χ3n) is 4.21. The van der Waals surface area contributed by atoms with E-state index in [-0.39, 0.29) is 4.90 Å². The van der Waals surface area contributed by atoms with Gasteiger partial charge in [0, 0.05) is 25.0 Å². The molecule has 0 unspecified atom stereocenters. The average Bonchev–Trinajstić information content (AvgIpc) is 3.18. The van der Waals surface area contributed by atoms with Crippen LogP contribution in [0.15, 0.2) is 52.5 Å². The molecule has 134 valence electrons. The van der Waals surface area contributed by atoms with E-state index in [2.05, 4.69) is 17.1 Å². The lowest BCUT2D eigenvalue weighted by molar-refractivity contribution is 0.414. The van der Waals surface area contributed by atoms with Crippen molar-refractivity contribution < 1.29 is 13.2 Å². The molecule has 0 atom stereocenters. The topological polar surface area (TPSA) is 59.5 Å². The van der Waals surface area contributed by atoms with Crippen LogP contribution in [0.4, 0.5) is 0 Å². The van der Waals surface area contributed by atoms with E-state index in [1.54, 1.807) is 35.3 Å². The maximum Gasteiger partial charge on any atom is 0.244 e. The van der Waals surface area contributed by atoms with E-state index in [0.29, 0.717) is 13.1 Å². The van der Waals surface area contributed by atoms with Crippen LogP contribution >= 0.6 is 11.8 Å². The zero-order chi connectivity index (χ0) is 17.7. The fourth-order valence-electron chi connectivity index (χ4n) is 2.75. The molecule has 3 rings (SSSR count). The van der Waals surface area contributed by atoms with Gasteiger partial charge in [0.15, 0.2) is 0 Å². The Morgan fingerprint density at radius 1 is 1.12 bits per heavy atom. The van der Waals surface area contributed by atoms with Crippen molar-refractivity contribution in [3.8, 4) is 5.75 Å². The van der Waals surface area contributed by atoms with Crippen molar-refractivity contribution in [2.45, 2.75) is 29.2 Å². The number of rotatable bonds is 7. The third-order valence-corrected chi connectivity index (χ3v) is 7.04. The fourth-order valence-corrected chi connectivity index (χ4v) is 5.05. The molecule has 7 heteroatoms. The Labute approximate surface area is 153 Å². The van der Waals surface area contributed by atoms with Gasteiger partial charge in [-0.3, -0.25) is 0 Å². The molecule has 0 bridgehead atoms. The predicted octanol–water partition coefficient (Wildman–Crippen LogP) is 3.21. The second-order valence-corrected chi connectivity index (χ2v) is 8.94. The van der Waals surface area contributed by atoms with E-state index in [4.69, 9.17) is 4.74 Å². The van der Waals surface area contributed by atoms with Gasteiger partial charge in [-0.1, -0.05) is 12.1 Å². The normalized spacial score (nSPS) is 15.4. The predicted molar refractivity (Wildman–Crippen MR) is 99.7 cm³/mol. The molecular weight excluding hydrogens is 356 g/mol. The zero-order valence-electron chi connectivity index (χ0n) is 14.2. The maximum atomic E-state index is 12.5. The molecule has 1 aliphatic rings. The first-order chi connectivity index (χ1) is 12.1. The van der Waals surface area contributed by atoms with E-state index >= 15 is 0 Å². The van der Waals surface area contributed by atoms with Gasteiger partial charge in [-0.2, -0.15) is 4.31 Å². The maximum absolute atomic E-state index is 12.5. The molecule has 1 aromatic heterocycles. The van der Waals surface area contributed by atoms with Crippen LogP contribution in [0.2, 0.25) is 0 Å². The number of hydrogen-bond acceptors (Lipinski definition) is 5. The van der Waals surface area contributed by atoms with Gasteiger partial charge in [0.2, 0.25) is 10.0 Å². The minimum Gasteiger partial charge on any atom is -0.497 e. The van der Waals surface area contributed by atoms with Crippen molar-refractivity contribution in [3.63, 3.8) is 0 Å². The summed E-state index contributed by atoms with van der Waals surface area (Å²) in [5.74, 6) is 1.74. The Morgan fingerprint density at radius 2 is 1.84 bits per heavy atom. The SMILES string of the molecule is COc1ccc(CCSc2ccc(S(=O)(=O)N3CCCC3)cn2)cc1. The lowest BCUT2D eigenvalue weighted by atomic mass is 10.2. The van der Waals surface area contributed by atoms with Crippen molar-refractivity contribution in [3.05, 3.63) is 48.2 Å². The number of pyridine rings is 1. The highest BCUT2D eigenvalue weighted by molar-refractivity contribution is 7.99. The lowest BCUT2D eigenvalue weighted by Crippen LogP contribution is -2.27. The first kappa shape index (κ1) is 18.2. The van der Waals surface area contributed by atoms with E-state index < -0.39 is 10.0 Å². The van der Waals surface area contributed by atoms with Gasteiger partial charge in [0.25, 0.3) is 0 Å². The smallest absolute Gasteiger partial charge is 0.244 e. The molecule has 1 saturated heterocycles. The van der Waals surface area contributed by atoms with Gasteiger partial charge in [-0.05, 0) is 49.1 Å². The Kier molecular flexibility index (Phi) is 5.98. The number of methoxy groups -OCH3 is 1. The lowest BCUT2D eigenvalue weighted by Gasteiger charge is -2.15. The number of aromatic nitrogens is 1. The van der Waals surface area contributed by atoms with Crippen molar-refractivity contribution in [2.24, 2.45) is 0 Å². The number of aryl methyl sites for hydroxylation is 1. The summed E-state index contributed by atoms with van der Waals surface area (Å²) in [6.07, 6.45) is 4.27. The van der Waals surface area contributed by atoms with Gasteiger partial charge < -0.3 is 4.74 Å². The first-order valence-corrected chi connectivity index (χ1v) is 10.7. The van der Waals surface area contributed by atoms with Crippen LogP contribution in [0.5, 0.6) is 5.75 Å². The van der Waals surface area contributed by atoms with Crippen LogP contribution in [-0.2, 0) is 16.4 Å². The summed E-state index contributed by atoms with van der Waals surface area (Å²) in [4.78, 5) is 4.60. The number of nitrogens with zero attached hydrogens (tertiary/aromatic N) is 2.